The van der Waals surface area contributed by atoms with Gasteiger partial charge in [-0.2, -0.15) is 4.98 Å². The zero-order valence-corrected chi connectivity index (χ0v) is 11.6. The number of aromatic nitrogens is 2. The monoisotopic (exact) mass is 296 g/mol. The lowest BCUT2D eigenvalue weighted by Crippen LogP contribution is -2.15. The van der Waals surface area contributed by atoms with Crippen molar-refractivity contribution in [3.05, 3.63) is 35.5 Å². The van der Waals surface area contributed by atoms with Crippen molar-refractivity contribution in [2.75, 3.05) is 13.2 Å². The minimum Gasteiger partial charge on any atom is -0.381 e. The second-order valence-electron chi connectivity index (χ2n) is 4.74. The van der Waals surface area contributed by atoms with Crippen molar-refractivity contribution in [1.29, 1.82) is 0 Å². The number of ether oxygens (including phenoxy) is 1. The largest absolute Gasteiger partial charge is 0.381 e. The summed E-state index contributed by atoms with van der Waals surface area (Å²) in [6.45, 7) is 1.35. The Kier molecular flexibility index (Phi) is 3.98. The smallest absolute Gasteiger partial charge is 0.241 e. The molecule has 20 heavy (non-hydrogen) atoms. The van der Waals surface area contributed by atoms with E-state index in [-0.39, 0.29) is 29.3 Å². The fourth-order valence-corrected chi connectivity index (χ4v) is 2.57. The zero-order chi connectivity index (χ0) is 13.9. The predicted octanol–water partition coefficient (Wildman–Crippen LogP) is 3.51. The first kappa shape index (κ1) is 13.5. The van der Waals surface area contributed by atoms with Crippen LogP contribution in [0.15, 0.2) is 22.7 Å². The highest BCUT2D eigenvalue weighted by molar-refractivity contribution is 6.16. The molecule has 106 valence electrons. The van der Waals surface area contributed by atoms with E-state index in [1.165, 1.54) is 0 Å². The number of rotatable bonds is 3. The Morgan fingerprint density at radius 1 is 1.30 bits per heavy atom. The summed E-state index contributed by atoms with van der Waals surface area (Å²) >= 11 is 5.62. The molecular weight excluding hydrogens is 283 g/mol. The van der Waals surface area contributed by atoms with Crippen LogP contribution in [-0.2, 0) is 10.6 Å². The van der Waals surface area contributed by atoms with Crippen LogP contribution in [0, 0.1) is 5.82 Å². The van der Waals surface area contributed by atoms with Crippen LogP contribution in [0.1, 0.15) is 30.2 Å². The Bertz CT molecular complexity index is 597. The van der Waals surface area contributed by atoms with Crippen molar-refractivity contribution in [1.82, 2.24) is 10.1 Å². The third-order valence-corrected chi connectivity index (χ3v) is 3.74. The summed E-state index contributed by atoms with van der Waals surface area (Å²) in [6, 6.07) is 5.29. The van der Waals surface area contributed by atoms with Crippen LogP contribution in [0.25, 0.3) is 11.4 Å². The summed E-state index contributed by atoms with van der Waals surface area (Å²) in [5.74, 6) is 0.558. The first-order valence-electron chi connectivity index (χ1n) is 6.54. The first-order chi connectivity index (χ1) is 9.79. The van der Waals surface area contributed by atoms with Gasteiger partial charge in [0.15, 0.2) is 0 Å². The van der Waals surface area contributed by atoms with Gasteiger partial charge in [0.05, 0.1) is 5.56 Å². The number of hydrogen-bond acceptors (Lipinski definition) is 4. The van der Waals surface area contributed by atoms with Crippen LogP contribution in [-0.4, -0.2) is 23.4 Å². The molecule has 1 saturated heterocycles. The van der Waals surface area contributed by atoms with Crippen LogP contribution >= 0.6 is 11.6 Å². The molecule has 0 radical (unpaired) electrons. The summed E-state index contributed by atoms with van der Waals surface area (Å²) in [5, 5.41) is 3.77. The fraction of sp³-hybridized carbons (Fsp3) is 0.429. The van der Waals surface area contributed by atoms with Gasteiger partial charge in [0.2, 0.25) is 11.7 Å². The lowest BCUT2D eigenvalue weighted by molar-refractivity contribution is 0.0846. The molecule has 4 nitrogen and oxygen atoms in total. The summed E-state index contributed by atoms with van der Waals surface area (Å²) in [5.41, 5.74) is 1.05. The molecule has 2 heterocycles. The normalized spacial score (nSPS) is 16.5. The lowest BCUT2D eigenvalue weighted by atomic mass is 9.90. The molecule has 1 aliphatic rings. The predicted molar refractivity (Wildman–Crippen MR) is 72.0 cm³/mol. The van der Waals surface area contributed by atoms with E-state index in [0.717, 1.165) is 12.8 Å². The third-order valence-electron chi connectivity index (χ3n) is 3.51. The number of alkyl halides is 1. The van der Waals surface area contributed by atoms with E-state index >= 15 is 0 Å². The topological polar surface area (TPSA) is 48.2 Å². The molecule has 0 atom stereocenters. The molecule has 0 aliphatic carbocycles. The molecule has 3 rings (SSSR count). The van der Waals surface area contributed by atoms with E-state index < -0.39 is 0 Å². The van der Waals surface area contributed by atoms with Gasteiger partial charge in [0.1, 0.15) is 11.7 Å². The molecule has 1 aromatic carbocycles. The summed E-state index contributed by atoms with van der Waals surface area (Å²) < 4.78 is 24.9. The third kappa shape index (κ3) is 2.55. The minimum absolute atomic E-state index is 0.119. The van der Waals surface area contributed by atoms with Gasteiger partial charge in [-0.25, -0.2) is 4.39 Å². The van der Waals surface area contributed by atoms with Crippen LogP contribution < -0.4 is 0 Å². The molecule has 0 spiro atoms. The Morgan fingerprint density at radius 3 is 2.80 bits per heavy atom. The van der Waals surface area contributed by atoms with E-state index in [0.29, 0.717) is 24.3 Å². The quantitative estimate of drug-likeness (QED) is 0.813. The van der Waals surface area contributed by atoms with Gasteiger partial charge in [-0.3, -0.25) is 0 Å². The Morgan fingerprint density at radius 2 is 2.10 bits per heavy atom. The number of hydrogen-bond donors (Lipinski definition) is 0. The average molecular weight is 297 g/mol. The summed E-state index contributed by atoms with van der Waals surface area (Å²) in [7, 11) is 0. The van der Waals surface area contributed by atoms with Crippen molar-refractivity contribution in [3.8, 4) is 11.4 Å². The molecule has 0 N–H and O–H groups in total. The Labute approximate surface area is 120 Å². The Hall–Kier alpha value is -1.46. The van der Waals surface area contributed by atoms with Crippen molar-refractivity contribution in [3.63, 3.8) is 0 Å². The van der Waals surface area contributed by atoms with E-state index in [1.54, 1.807) is 6.07 Å². The van der Waals surface area contributed by atoms with Crippen LogP contribution in [0.3, 0.4) is 0 Å². The second-order valence-corrected chi connectivity index (χ2v) is 5.01. The highest BCUT2D eigenvalue weighted by atomic mass is 35.5. The maximum atomic E-state index is 14.7. The molecule has 6 heteroatoms. The van der Waals surface area contributed by atoms with Crippen molar-refractivity contribution in [2.45, 2.75) is 24.6 Å². The van der Waals surface area contributed by atoms with E-state index in [1.807, 2.05) is 12.1 Å². The van der Waals surface area contributed by atoms with Gasteiger partial charge in [-0.1, -0.05) is 17.3 Å². The minimum atomic E-state index is -0.277. The summed E-state index contributed by atoms with van der Waals surface area (Å²) in [4.78, 5) is 4.07. The molecule has 1 aliphatic heterocycles. The molecule has 1 aromatic heterocycles. The zero-order valence-electron chi connectivity index (χ0n) is 10.8. The molecule has 0 unspecified atom stereocenters. The van der Waals surface area contributed by atoms with E-state index in [2.05, 4.69) is 10.1 Å². The maximum absolute atomic E-state index is 14.7. The molecule has 1 fully saturated rings. The van der Waals surface area contributed by atoms with Gasteiger partial charge >= 0.3 is 0 Å². The number of benzene rings is 1. The van der Waals surface area contributed by atoms with Crippen molar-refractivity contribution < 1.29 is 13.7 Å². The SMILES string of the molecule is Fc1c(-c2noc(CCl)n2)cccc1C1CCOCC1. The van der Waals surface area contributed by atoms with Gasteiger partial charge in [0.25, 0.3) is 0 Å². The maximum Gasteiger partial charge on any atom is 0.241 e. The van der Waals surface area contributed by atoms with Gasteiger partial charge < -0.3 is 9.26 Å². The lowest BCUT2D eigenvalue weighted by Gasteiger charge is -2.23. The number of halogens is 2. The van der Waals surface area contributed by atoms with E-state index in [4.69, 9.17) is 20.9 Å². The fourth-order valence-electron chi connectivity index (χ4n) is 2.46. The van der Waals surface area contributed by atoms with E-state index in [9.17, 15) is 4.39 Å². The molecule has 0 saturated carbocycles. The van der Waals surface area contributed by atoms with Gasteiger partial charge in [-0.15, -0.1) is 11.6 Å². The Balaban J connectivity index is 1.95. The second kappa shape index (κ2) is 5.89. The molecular formula is C14H14ClFN2O2. The highest BCUT2D eigenvalue weighted by Gasteiger charge is 2.22. The van der Waals surface area contributed by atoms with Gasteiger partial charge in [0, 0.05) is 13.2 Å². The summed E-state index contributed by atoms with van der Waals surface area (Å²) in [6.07, 6.45) is 1.67. The molecule has 0 bridgehead atoms. The molecule has 2 aromatic rings. The van der Waals surface area contributed by atoms with Gasteiger partial charge in [-0.05, 0) is 30.4 Å². The standard InChI is InChI=1S/C14H14ClFN2O2/c15-8-12-17-14(18-20-12)11-3-1-2-10(13(11)16)9-4-6-19-7-5-9/h1-3,9H,4-8H2. The number of nitrogens with zero attached hydrogens (tertiary/aromatic N) is 2. The van der Waals surface area contributed by atoms with Crippen molar-refractivity contribution >= 4 is 11.6 Å². The highest BCUT2D eigenvalue weighted by Crippen LogP contribution is 2.32. The van der Waals surface area contributed by atoms with Crippen LogP contribution in [0.2, 0.25) is 0 Å². The van der Waals surface area contributed by atoms with Crippen LogP contribution in [0.4, 0.5) is 4.39 Å². The first-order valence-corrected chi connectivity index (χ1v) is 7.08. The van der Waals surface area contributed by atoms with Crippen molar-refractivity contribution in [2.24, 2.45) is 0 Å². The molecule has 0 amide bonds. The van der Waals surface area contributed by atoms with Crippen LogP contribution in [0.5, 0.6) is 0 Å². The average Bonchev–Trinajstić information content (AvgIpc) is 2.97.